The van der Waals surface area contributed by atoms with Gasteiger partial charge in [0.05, 0.1) is 11.2 Å². The maximum absolute atomic E-state index is 12.7. The van der Waals surface area contributed by atoms with Crippen molar-refractivity contribution in [2.75, 3.05) is 5.32 Å². The van der Waals surface area contributed by atoms with Crippen LogP contribution in [0, 0.1) is 0 Å². The van der Waals surface area contributed by atoms with Gasteiger partial charge >= 0.3 is 0 Å². The van der Waals surface area contributed by atoms with E-state index in [4.69, 9.17) is 4.42 Å². The summed E-state index contributed by atoms with van der Waals surface area (Å²) in [6, 6.07) is 3.58. The van der Waals surface area contributed by atoms with Gasteiger partial charge in [-0.05, 0) is 15.9 Å². The molecule has 3 aromatic heterocycles. The minimum Gasteiger partial charge on any atom is -0.448 e. The average molecular weight is 408 g/mol. The van der Waals surface area contributed by atoms with Crippen molar-refractivity contribution < 1.29 is 9.21 Å². The number of amides is 1. The fourth-order valence-corrected chi connectivity index (χ4v) is 3.69. The van der Waals surface area contributed by atoms with Gasteiger partial charge in [-0.1, -0.05) is 26.8 Å². The van der Waals surface area contributed by atoms with Crippen molar-refractivity contribution in [3.63, 3.8) is 0 Å². The number of halogens is 1. The Bertz CT molecular complexity index is 914. The summed E-state index contributed by atoms with van der Waals surface area (Å²) in [6.07, 6.45) is 1.75. The van der Waals surface area contributed by atoms with Gasteiger partial charge < -0.3 is 8.98 Å². The number of aromatic nitrogens is 2. The molecule has 5 nitrogen and oxygen atoms in total. The van der Waals surface area contributed by atoms with Gasteiger partial charge in [-0.25, -0.2) is 4.98 Å². The van der Waals surface area contributed by atoms with Crippen LogP contribution in [0.2, 0.25) is 0 Å². The van der Waals surface area contributed by atoms with Gasteiger partial charge in [0.1, 0.15) is 5.69 Å². The minimum atomic E-state index is -0.214. The lowest BCUT2D eigenvalue weighted by Gasteiger charge is -2.14. The van der Waals surface area contributed by atoms with Crippen LogP contribution in [0.5, 0.6) is 0 Å². The quantitative estimate of drug-likeness (QED) is 0.605. The fraction of sp³-hybridized carbons (Fsp3) is 0.294. The highest BCUT2D eigenvalue weighted by Crippen LogP contribution is 2.29. The summed E-state index contributed by atoms with van der Waals surface area (Å²) < 4.78 is 8.05. The first kappa shape index (κ1) is 17.0. The molecule has 3 rings (SSSR count). The van der Waals surface area contributed by atoms with Crippen LogP contribution in [0.1, 0.15) is 37.0 Å². The molecule has 3 heterocycles. The summed E-state index contributed by atoms with van der Waals surface area (Å²) in [4.78, 5) is 17.2. The normalized spacial score (nSPS) is 11.8. The molecule has 0 radical (unpaired) electrons. The molecular weight excluding hydrogens is 390 g/mol. The first-order chi connectivity index (χ1) is 11.3. The van der Waals surface area contributed by atoms with Crippen LogP contribution in [-0.2, 0) is 12.0 Å². The Morgan fingerprint density at radius 1 is 1.50 bits per heavy atom. The number of hydrogen-bond acceptors (Lipinski definition) is 4. The number of carbonyl (C=O) groups excluding carboxylic acids is 1. The van der Waals surface area contributed by atoms with E-state index in [1.165, 1.54) is 11.3 Å². The van der Waals surface area contributed by atoms with Gasteiger partial charge in [-0.3, -0.25) is 10.1 Å². The van der Waals surface area contributed by atoms with E-state index in [1.807, 2.05) is 16.0 Å². The zero-order valence-corrected chi connectivity index (χ0v) is 16.1. The molecule has 0 saturated heterocycles. The molecule has 0 fully saturated rings. The Kier molecular flexibility index (Phi) is 4.40. The van der Waals surface area contributed by atoms with Crippen molar-refractivity contribution in [3.8, 4) is 0 Å². The first-order valence-corrected chi connectivity index (χ1v) is 9.13. The van der Waals surface area contributed by atoms with Crippen molar-refractivity contribution in [1.82, 2.24) is 9.55 Å². The Balaban J connectivity index is 1.91. The molecule has 7 heteroatoms. The number of anilines is 1. The van der Waals surface area contributed by atoms with Gasteiger partial charge in [0.25, 0.3) is 5.91 Å². The van der Waals surface area contributed by atoms with Crippen LogP contribution >= 0.6 is 27.3 Å². The smallest absolute Gasteiger partial charge is 0.274 e. The van der Waals surface area contributed by atoms with E-state index in [1.54, 1.807) is 12.1 Å². The van der Waals surface area contributed by atoms with E-state index in [-0.39, 0.29) is 11.3 Å². The van der Waals surface area contributed by atoms with E-state index in [9.17, 15) is 4.79 Å². The minimum absolute atomic E-state index is 0.0470. The lowest BCUT2D eigenvalue weighted by Crippen LogP contribution is -2.17. The van der Waals surface area contributed by atoms with Crippen LogP contribution in [0.3, 0.4) is 0 Å². The molecular formula is C17H18BrN3O2S. The number of fused-ring (bicyclic) bond motifs is 1. The zero-order valence-electron chi connectivity index (χ0n) is 13.7. The molecule has 1 N–H and O–H groups in total. The molecule has 0 saturated carbocycles. The Hall–Kier alpha value is -1.86. The maximum Gasteiger partial charge on any atom is 0.274 e. The molecule has 24 heavy (non-hydrogen) atoms. The van der Waals surface area contributed by atoms with Crippen LogP contribution < -0.4 is 5.32 Å². The SMILES string of the molecule is C=CCn1c(C(=O)Nc2nc(C(C)(C)C)cs2)cc2oc(Br)cc21. The van der Waals surface area contributed by atoms with Crippen molar-refractivity contribution in [1.29, 1.82) is 0 Å². The van der Waals surface area contributed by atoms with Gasteiger partial charge in [0, 0.05) is 29.5 Å². The second kappa shape index (κ2) is 6.22. The van der Waals surface area contributed by atoms with Gasteiger partial charge in [-0.15, -0.1) is 17.9 Å². The highest BCUT2D eigenvalue weighted by atomic mass is 79.9. The van der Waals surface area contributed by atoms with E-state index >= 15 is 0 Å². The topological polar surface area (TPSA) is 60.1 Å². The van der Waals surface area contributed by atoms with Crippen molar-refractivity contribution in [2.24, 2.45) is 0 Å². The number of hydrogen-bond donors (Lipinski definition) is 1. The molecule has 0 aromatic carbocycles. The Morgan fingerprint density at radius 2 is 2.25 bits per heavy atom. The summed E-state index contributed by atoms with van der Waals surface area (Å²) in [5, 5.41) is 5.44. The summed E-state index contributed by atoms with van der Waals surface area (Å²) in [5.41, 5.74) is 2.93. The number of furan rings is 1. The second-order valence-corrected chi connectivity index (χ2v) is 8.11. The predicted molar refractivity (Wildman–Crippen MR) is 101 cm³/mol. The lowest BCUT2D eigenvalue weighted by molar-refractivity contribution is 0.101. The van der Waals surface area contributed by atoms with Crippen LogP contribution in [0.25, 0.3) is 11.1 Å². The molecule has 0 aliphatic heterocycles. The second-order valence-electron chi connectivity index (χ2n) is 6.47. The van der Waals surface area contributed by atoms with Crippen molar-refractivity contribution >= 4 is 49.4 Å². The third-order valence-electron chi connectivity index (χ3n) is 3.60. The summed E-state index contributed by atoms with van der Waals surface area (Å²) in [5.74, 6) is -0.214. The van der Waals surface area contributed by atoms with Crippen molar-refractivity contribution in [3.05, 3.63) is 46.2 Å². The van der Waals surface area contributed by atoms with Crippen LogP contribution in [-0.4, -0.2) is 15.5 Å². The van der Waals surface area contributed by atoms with Crippen LogP contribution in [0.15, 0.2) is 39.3 Å². The fourth-order valence-electron chi connectivity index (χ4n) is 2.36. The van der Waals surface area contributed by atoms with Crippen LogP contribution in [0.4, 0.5) is 5.13 Å². The van der Waals surface area contributed by atoms with Gasteiger partial charge in [-0.2, -0.15) is 0 Å². The van der Waals surface area contributed by atoms with E-state index in [2.05, 4.69) is 53.6 Å². The van der Waals surface area contributed by atoms with E-state index in [0.717, 1.165) is 11.2 Å². The van der Waals surface area contributed by atoms with Gasteiger partial charge in [0.15, 0.2) is 15.4 Å². The lowest BCUT2D eigenvalue weighted by atomic mass is 9.93. The third kappa shape index (κ3) is 3.18. The summed E-state index contributed by atoms with van der Waals surface area (Å²) in [7, 11) is 0. The molecule has 0 aliphatic rings. The molecule has 0 aliphatic carbocycles. The zero-order chi connectivity index (χ0) is 17.5. The molecule has 0 bridgehead atoms. The largest absolute Gasteiger partial charge is 0.448 e. The molecule has 0 atom stereocenters. The number of allylic oxidation sites excluding steroid dienone is 1. The third-order valence-corrected chi connectivity index (χ3v) is 4.75. The number of nitrogens with one attached hydrogen (secondary N) is 1. The number of carbonyl (C=O) groups is 1. The highest BCUT2D eigenvalue weighted by molar-refractivity contribution is 9.10. The number of thiazole rings is 1. The predicted octanol–water partition coefficient (Wildman–Crippen LogP) is 5.19. The van der Waals surface area contributed by atoms with E-state index < -0.39 is 0 Å². The maximum atomic E-state index is 12.7. The number of nitrogens with zero attached hydrogens (tertiary/aromatic N) is 2. The monoisotopic (exact) mass is 407 g/mol. The average Bonchev–Trinajstić information content (AvgIpc) is 3.14. The van der Waals surface area contributed by atoms with Gasteiger partial charge in [0.2, 0.25) is 0 Å². The summed E-state index contributed by atoms with van der Waals surface area (Å²) >= 11 is 4.74. The molecule has 0 spiro atoms. The number of rotatable bonds is 4. The Morgan fingerprint density at radius 3 is 2.88 bits per heavy atom. The van der Waals surface area contributed by atoms with Crippen molar-refractivity contribution in [2.45, 2.75) is 32.7 Å². The standard InChI is InChI=1S/C17H18BrN3O2S/c1-5-6-21-10-8-14(18)23-12(10)7-11(21)15(22)20-16-19-13(9-24-16)17(2,3)4/h5,7-9H,1,6H2,2-4H3,(H,19,20,22). The van der Waals surface area contributed by atoms with E-state index in [0.29, 0.717) is 27.6 Å². The molecule has 0 unspecified atom stereocenters. The molecule has 126 valence electrons. The Labute approximate surface area is 152 Å². The first-order valence-electron chi connectivity index (χ1n) is 7.46. The molecule has 1 amide bonds. The molecule has 3 aromatic rings. The highest BCUT2D eigenvalue weighted by Gasteiger charge is 2.21. The summed E-state index contributed by atoms with van der Waals surface area (Å²) in [6.45, 7) is 10.6.